The number of carbonyl (C=O) groups excluding carboxylic acids is 1. The minimum absolute atomic E-state index is 0.0127. The lowest BCUT2D eigenvalue weighted by Gasteiger charge is -1.89. The summed E-state index contributed by atoms with van der Waals surface area (Å²) < 4.78 is 4.73. The van der Waals surface area contributed by atoms with Gasteiger partial charge in [0, 0.05) is 6.42 Å². The second-order valence-corrected chi connectivity index (χ2v) is 2.23. The van der Waals surface area contributed by atoms with Gasteiger partial charge in [0.15, 0.2) is 5.78 Å². The van der Waals surface area contributed by atoms with Crippen LogP contribution in [-0.4, -0.2) is 5.78 Å². The summed E-state index contributed by atoms with van der Waals surface area (Å²) in [5.74, 6) is 0.0127. The van der Waals surface area contributed by atoms with E-state index >= 15 is 0 Å². The van der Waals surface area contributed by atoms with Crippen molar-refractivity contribution in [2.75, 3.05) is 0 Å². The molecule has 1 heterocycles. The fourth-order valence-corrected chi connectivity index (χ4v) is 0.904. The van der Waals surface area contributed by atoms with Crippen molar-refractivity contribution in [3.63, 3.8) is 0 Å². The molecule has 0 amide bonds. The van der Waals surface area contributed by atoms with E-state index in [1.165, 1.54) is 6.26 Å². The van der Waals surface area contributed by atoms with Crippen LogP contribution >= 0.6 is 11.6 Å². The van der Waals surface area contributed by atoms with Crippen molar-refractivity contribution in [3.05, 3.63) is 23.1 Å². The van der Waals surface area contributed by atoms with Gasteiger partial charge in [0.2, 0.25) is 5.22 Å². The van der Waals surface area contributed by atoms with Crippen LogP contribution in [0.3, 0.4) is 0 Å². The Morgan fingerprint density at radius 1 is 1.80 bits per heavy atom. The van der Waals surface area contributed by atoms with Crippen LogP contribution in [0.15, 0.2) is 16.7 Å². The quantitative estimate of drug-likeness (QED) is 0.620. The summed E-state index contributed by atoms with van der Waals surface area (Å²) >= 11 is 5.53. The van der Waals surface area contributed by atoms with Crippen LogP contribution in [0.5, 0.6) is 0 Å². The zero-order valence-electron chi connectivity index (χ0n) is 5.56. The van der Waals surface area contributed by atoms with Crippen LogP contribution in [0.25, 0.3) is 0 Å². The molecule has 0 radical (unpaired) electrons. The minimum atomic E-state index is 0.0127. The summed E-state index contributed by atoms with van der Waals surface area (Å²) in [5.41, 5.74) is 0.476. The Bertz CT molecular complexity index is 240. The Hall–Kier alpha value is -0.760. The first-order valence-corrected chi connectivity index (χ1v) is 3.39. The monoisotopic (exact) mass is 158 g/mol. The average molecular weight is 159 g/mol. The number of hydrogen-bond donors (Lipinski definition) is 0. The van der Waals surface area contributed by atoms with Crippen LogP contribution < -0.4 is 0 Å². The molecule has 0 spiro atoms. The molecule has 3 heteroatoms. The molecule has 0 saturated heterocycles. The highest BCUT2D eigenvalue weighted by Gasteiger charge is 2.09. The lowest BCUT2D eigenvalue weighted by atomic mass is 10.2. The van der Waals surface area contributed by atoms with E-state index in [9.17, 15) is 4.79 Å². The van der Waals surface area contributed by atoms with Crippen molar-refractivity contribution in [2.45, 2.75) is 13.3 Å². The Balaban J connectivity index is 2.93. The summed E-state index contributed by atoms with van der Waals surface area (Å²) in [4.78, 5) is 11.0. The highest BCUT2D eigenvalue weighted by Crippen LogP contribution is 2.17. The summed E-state index contributed by atoms with van der Waals surface area (Å²) in [6.45, 7) is 1.78. The predicted octanol–water partition coefficient (Wildman–Crippen LogP) is 2.53. The molecule has 0 atom stereocenters. The van der Waals surface area contributed by atoms with Gasteiger partial charge in [-0.3, -0.25) is 4.79 Å². The van der Waals surface area contributed by atoms with Crippen molar-refractivity contribution < 1.29 is 9.21 Å². The van der Waals surface area contributed by atoms with Crippen LogP contribution in [0.1, 0.15) is 23.7 Å². The molecule has 0 aliphatic rings. The molecule has 0 saturated carbocycles. The number of hydrogen-bond acceptors (Lipinski definition) is 2. The summed E-state index contributed by atoms with van der Waals surface area (Å²) in [7, 11) is 0. The Kier molecular flexibility index (Phi) is 2.12. The van der Waals surface area contributed by atoms with E-state index in [-0.39, 0.29) is 11.0 Å². The van der Waals surface area contributed by atoms with Gasteiger partial charge in [-0.05, 0) is 17.7 Å². The highest BCUT2D eigenvalue weighted by atomic mass is 35.5. The third-order valence-corrected chi connectivity index (χ3v) is 1.53. The molecule has 0 aliphatic carbocycles. The molecule has 1 rings (SSSR count). The number of ketones is 1. The molecule has 2 nitrogen and oxygen atoms in total. The van der Waals surface area contributed by atoms with Crippen molar-refractivity contribution in [3.8, 4) is 0 Å². The van der Waals surface area contributed by atoms with Crippen LogP contribution in [0, 0.1) is 0 Å². The average Bonchev–Trinajstić information content (AvgIpc) is 2.34. The molecule has 1 aromatic rings. The summed E-state index contributed by atoms with van der Waals surface area (Å²) in [6, 6.07) is 1.58. The van der Waals surface area contributed by atoms with Crippen molar-refractivity contribution in [2.24, 2.45) is 0 Å². The van der Waals surface area contributed by atoms with E-state index < -0.39 is 0 Å². The Morgan fingerprint density at radius 3 is 2.90 bits per heavy atom. The molecule has 0 fully saturated rings. The second kappa shape index (κ2) is 2.88. The molecular weight excluding hydrogens is 152 g/mol. The van der Waals surface area contributed by atoms with E-state index in [4.69, 9.17) is 16.0 Å². The van der Waals surface area contributed by atoms with Gasteiger partial charge < -0.3 is 4.42 Å². The normalized spacial score (nSPS) is 9.80. The van der Waals surface area contributed by atoms with E-state index in [2.05, 4.69) is 0 Å². The molecular formula is C7H7ClO2. The maximum Gasteiger partial charge on any atom is 0.203 e. The molecule has 10 heavy (non-hydrogen) atoms. The zero-order chi connectivity index (χ0) is 7.56. The molecule has 0 aromatic carbocycles. The first-order valence-electron chi connectivity index (χ1n) is 3.02. The molecule has 0 N–H and O–H groups in total. The van der Waals surface area contributed by atoms with E-state index in [1.807, 2.05) is 0 Å². The van der Waals surface area contributed by atoms with Crippen molar-refractivity contribution in [1.82, 2.24) is 0 Å². The Morgan fingerprint density at radius 2 is 2.50 bits per heavy atom. The topological polar surface area (TPSA) is 30.2 Å². The lowest BCUT2D eigenvalue weighted by molar-refractivity contribution is 0.0988. The van der Waals surface area contributed by atoms with E-state index in [0.717, 1.165) is 0 Å². The molecule has 1 aromatic heterocycles. The van der Waals surface area contributed by atoms with Crippen molar-refractivity contribution in [1.29, 1.82) is 0 Å². The first kappa shape index (κ1) is 7.35. The molecule has 0 unspecified atom stereocenters. The van der Waals surface area contributed by atoms with E-state index in [0.29, 0.717) is 12.0 Å². The third-order valence-electron chi connectivity index (χ3n) is 1.24. The lowest BCUT2D eigenvalue weighted by Crippen LogP contribution is -1.93. The van der Waals surface area contributed by atoms with E-state index in [1.54, 1.807) is 13.0 Å². The van der Waals surface area contributed by atoms with Gasteiger partial charge in [0.1, 0.15) is 0 Å². The predicted molar refractivity (Wildman–Crippen MR) is 38.3 cm³/mol. The van der Waals surface area contributed by atoms with Gasteiger partial charge in [0.05, 0.1) is 11.8 Å². The largest absolute Gasteiger partial charge is 0.452 e. The van der Waals surface area contributed by atoms with Gasteiger partial charge in [-0.25, -0.2) is 0 Å². The smallest absolute Gasteiger partial charge is 0.203 e. The molecule has 0 bridgehead atoms. The maximum absolute atomic E-state index is 11.0. The number of furan rings is 1. The summed E-state index contributed by atoms with van der Waals surface area (Å²) in [6.07, 6.45) is 1.87. The second-order valence-electron chi connectivity index (χ2n) is 1.88. The SMILES string of the molecule is CCC(=O)c1ccoc1Cl. The van der Waals surface area contributed by atoms with Crippen LogP contribution in [0.2, 0.25) is 5.22 Å². The molecule has 54 valence electrons. The van der Waals surface area contributed by atoms with Gasteiger partial charge >= 0.3 is 0 Å². The van der Waals surface area contributed by atoms with Gasteiger partial charge in [0.25, 0.3) is 0 Å². The fourth-order valence-electron chi connectivity index (χ4n) is 0.684. The number of Topliss-reactive ketones (excluding diaryl/α,β-unsaturated/α-hetero) is 1. The zero-order valence-corrected chi connectivity index (χ0v) is 6.31. The van der Waals surface area contributed by atoms with Crippen LogP contribution in [-0.2, 0) is 0 Å². The third kappa shape index (κ3) is 1.21. The van der Waals surface area contributed by atoms with Crippen LogP contribution in [0.4, 0.5) is 0 Å². The van der Waals surface area contributed by atoms with Gasteiger partial charge in [-0.1, -0.05) is 6.92 Å². The Labute approximate surface area is 63.8 Å². The number of halogens is 1. The summed E-state index contributed by atoms with van der Waals surface area (Å²) in [5, 5.41) is 0.187. The van der Waals surface area contributed by atoms with Gasteiger partial charge in [-0.2, -0.15) is 0 Å². The number of carbonyl (C=O) groups is 1. The minimum Gasteiger partial charge on any atom is -0.452 e. The maximum atomic E-state index is 11.0. The first-order chi connectivity index (χ1) is 4.75. The fraction of sp³-hybridized carbons (Fsp3) is 0.286. The molecule has 0 aliphatic heterocycles. The van der Waals surface area contributed by atoms with Gasteiger partial charge in [-0.15, -0.1) is 0 Å². The van der Waals surface area contributed by atoms with Crippen molar-refractivity contribution >= 4 is 17.4 Å². The standard InChI is InChI=1S/C7H7ClO2/c1-2-6(9)5-3-4-10-7(5)8/h3-4H,2H2,1H3. The number of rotatable bonds is 2. The highest BCUT2D eigenvalue weighted by molar-refractivity contribution is 6.32.